The fourth-order valence-electron chi connectivity index (χ4n) is 2.86. The van der Waals surface area contributed by atoms with Crippen molar-refractivity contribution in [1.29, 1.82) is 0 Å². The van der Waals surface area contributed by atoms with Crippen LogP contribution in [0.4, 0.5) is 8.78 Å². The number of halogens is 2. The minimum Gasteiger partial charge on any atom is -0.485 e. The van der Waals surface area contributed by atoms with Gasteiger partial charge in [0.1, 0.15) is 11.9 Å². The van der Waals surface area contributed by atoms with Crippen molar-refractivity contribution in [2.75, 3.05) is 6.54 Å². The summed E-state index contributed by atoms with van der Waals surface area (Å²) in [6, 6.07) is 11.3. The van der Waals surface area contributed by atoms with E-state index in [1.54, 1.807) is 0 Å². The van der Waals surface area contributed by atoms with E-state index >= 15 is 0 Å². The molecule has 2 aromatic carbocycles. The standard InChI is InChI=1S/C17H17F2NO/c1-2-20-17-13-6-4-3-5-11(13)9-16(17)21-15-10-12(18)7-8-14(15)19/h3-8,10,16-17,20H,2,9H2,1H3. The molecule has 0 fully saturated rings. The van der Waals surface area contributed by atoms with Gasteiger partial charge in [-0.05, 0) is 29.8 Å². The zero-order valence-electron chi connectivity index (χ0n) is 11.8. The third-order valence-electron chi connectivity index (χ3n) is 3.78. The highest BCUT2D eigenvalue weighted by molar-refractivity contribution is 5.37. The summed E-state index contributed by atoms with van der Waals surface area (Å²) in [4.78, 5) is 0. The van der Waals surface area contributed by atoms with Crippen LogP contribution < -0.4 is 10.1 Å². The van der Waals surface area contributed by atoms with Crippen molar-refractivity contribution in [3.63, 3.8) is 0 Å². The van der Waals surface area contributed by atoms with Crippen LogP contribution in [0.3, 0.4) is 0 Å². The molecule has 110 valence electrons. The topological polar surface area (TPSA) is 21.3 Å². The number of ether oxygens (including phenoxy) is 1. The first kappa shape index (κ1) is 14.0. The smallest absolute Gasteiger partial charge is 0.165 e. The van der Waals surface area contributed by atoms with Crippen molar-refractivity contribution < 1.29 is 13.5 Å². The molecule has 0 bridgehead atoms. The number of benzene rings is 2. The summed E-state index contributed by atoms with van der Waals surface area (Å²) in [5.41, 5.74) is 2.35. The summed E-state index contributed by atoms with van der Waals surface area (Å²) in [6.07, 6.45) is 0.447. The number of hydrogen-bond acceptors (Lipinski definition) is 2. The van der Waals surface area contributed by atoms with Gasteiger partial charge in [-0.3, -0.25) is 0 Å². The van der Waals surface area contributed by atoms with E-state index in [2.05, 4.69) is 5.32 Å². The predicted molar refractivity (Wildman–Crippen MR) is 77.3 cm³/mol. The van der Waals surface area contributed by atoms with Crippen LogP contribution >= 0.6 is 0 Å². The summed E-state index contributed by atoms with van der Waals surface area (Å²) in [5, 5.41) is 3.36. The monoisotopic (exact) mass is 289 g/mol. The molecule has 1 aliphatic carbocycles. The van der Waals surface area contributed by atoms with Gasteiger partial charge in [-0.25, -0.2) is 8.78 Å². The highest BCUT2D eigenvalue weighted by Gasteiger charge is 2.33. The second kappa shape index (κ2) is 5.82. The SMILES string of the molecule is CCNC1c2ccccc2CC1Oc1cc(F)ccc1F. The lowest BCUT2D eigenvalue weighted by molar-refractivity contribution is 0.160. The predicted octanol–water partition coefficient (Wildman–Crippen LogP) is 3.62. The number of likely N-dealkylation sites (N-methyl/N-ethyl adjacent to an activating group) is 1. The van der Waals surface area contributed by atoms with Crippen molar-refractivity contribution in [1.82, 2.24) is 5.32 Å². The average molecular weight is 289 g/mol. The van der Waals surface area contributed by atoms with E-state index in [1.165, 1.54) is 11.1 Å². The molecule has 0 saturated carbocycles. The molecule has 2 unspecified atom stereocenters. The number of hydrogen-bond donors (Lipinski definition) is 1. The molecule has 2 atom stereocenters. The fourth-order valence-corrected chi connectivity index (χ4v) is 2.86. The summed E-state index contributed by atoms with van der Waals surface area (Å²) in [7, 11) is 0. The Hall–Kier alpha value is -1.94. The van der Waals surface area contributed by atoms with Crippen LogP contribution in [0.1, 0.15) is 24.1 Å². The van der Waals surface area contributed by atoms with Crippen molar-refractivity contribution in [3.05, 3.63) is 65.2 Å². The first-order valence-electron chi connectivity index (χ1n) is 7.12. The Morgan fingerprint density at radius 3 is 2.81 bits per heavy atom. The van der Waals surface area contributed by atoms with Crippen LogP contribution in [-0.4, -0.2) is 12.6 Å². The van der Waals surface area contributed by atoms with Gasteiger partial charge >= 0.3 is 0 Å². The summed E-state index contributed by atoms with van der Waals surface area (Å²) in [5.74, 6) is -1.07. The van der Waals surface area contributed by atoms with Crippen molar-refractivity contribution in [3.8, 4) is 5.75 Å². The fraction of sp³-hybridized carbons (Fsp3) is 0.294. The minimum absolute atomic E-state index is 0.00568. The van der Waals surface area contributed by atoms with Gasteiger partial charge in [0.15, 0.2) is 11.6 Å². The van der Waals surface area contributed by atoms with Crippen LogP contribution in [0, 0.1) is 11.6 Å². The first-order chi connectivity index (χ1) is 10.2. The molecule has 0 radical (unpaired) electrons. The Morgan fingerprint density at radius 1 is 1.19 bits per heavy atom. The van der Waals surface area contributed by atoms with Gasteiger partial charge < -0.3 is 10.1 Å². The maximum atomic E-state index is 13.8. The van der Waals surface area contributed by atoms with Gasteiger partial charge in [-0.15, -0.1) is 0 Å². The zero-order chi connectivity index (χ0) is 14.8. The lowest BCUT2D eigenvalue weighted by Gasteiger charge is -2.23. The normalized spacial score (nSPS) is 20.3. The summed E-state index contributed by atoms with van der Waals surface area (Å²) >= 11 is 0. The molecule has 3 rings (SSSR count). The first-order valence-corrected chi connectivity index (χ1v) is 7.12. The Kier molecular flexibility index (Phi) is 3.88. The molecule has 0 aliphatic heterocycles. The molecule has 0 aromatic heterocycles. The van der Waals surface area contributed by atoms with E-state index in [0.717, 1.165) is 24.7 Å². The number of nitrogens with one attached hydrogen (secondary N) is 1. The molecule has 2 nitrogen and oxygen atoms in total. The average Bonchev–Trinajstić information content (AvgIpc) is 2.81. The largest absolute Gasteiger partial charge is 0.485 e. The molecule has 4 heteroatoms. The summed E-state index contributed by atoms with van der Waals surface area (Å²) < 4.78 is 32.8. The highest BCUT2D eigenvalue weighted by Crippen LogP contribution is 2.34. The Balaban J connectivity index is 1.87. The Morgan fingerprint density at radius 2 is 2.00 bits per heavy atom. The van der Waals surface area contributed by atoms with Crippen LogP contribution in [-0.2, 0) is 6.42 Å². The van der Waals surface area contributed by atoms with E-state index in [1.807, 2.05) is 31.2 Å². The number of fused-ring (bicyclic) bond motifs is 1. The van der Waals surface area contributed by atoms with Crippen molar-refractivity contribution in [2.24, 2.45) is 0 Å². The second-order valence-corrected chi connectivity index (χ2v) is 5.17. The third kappa shape index (κ3) is 2.76. The zero-order valence-corrected chi connectivity index (χ0v) is 11.8. The van der Waals surface area contributed by atoms with E-state index < -0.39 is 11.6 Å². The van der Waals surface area contributed by atoms with E-state index in [9.17, 15) is 8.78 Å². The van der Waals surface area contributed by atoms with E-state index in [0.29, 0.717) is 6.42 Å². The maximum Gasteiger partial charge on any atom is 0.165 e. The van der Waals surface area contributed by atoms with Gasteiger partial charge in [-0.2, -0.15) is 0 Å². The molecular formula is C17H17F2NO. The van der Waals surface area contributed by atoms with Crippen LogP contribution in [0.2, 0.25) is 0 Å². The van der Waals surface area contributed by atoms with Crippen molar-refractivity contribution >= 4 is 0 Å². The van der Waals surface area contributed by atoms with E-state index in [-0.39, 0.29) is 17.9 Å². The Labute approximate surface area is 122 Å². The van der Waals surface area contributed by atoms with Crippen molar-refractivity contribution in [2.45, 2.75) is 25.5 Å². The molecule has 0 spiro atoms. The molecule has 2 aromatic rings. The van der Waals surface area contributed by atoms with Gasteiger partial charge in [0.2, 0.25) is 0 Å². The molecule has 1 N–H and O–H groups in total. The second-order valence-electron chi connectivity index (χ2n) is 5.17. The quantitative estimate of drug-likeness (QED) is 0.928. The molecule has 0 saturated heterocycles. The maximum absolute atomic E-state index is 13.8. The lowest BCUT2D eigenvalue weighted by atomic mass is 10.1. The molecule has 0 heterocycles. The number of rotatable bonds is 4. The summed E-state index contributed by atoms with van der Waals surface area (Å²) in [6.45, 7) is 2.80. The molecule has 0 amide bonds. The third-order valence-corrected chi connectivity index (χ3v) is 3.78. The molecular weight excluding hydrogens is 272 g/mol. The van der Waals surface area contributed by atoms with Crippen LogP contribution in [0.5, 0.6) is 5.75 Å². The highest BCUT2D eigenvalue weighted by atomic mass is 19.1. The lowest BCUT2D eigenvalue weighted by Crippen LogP contribution is -2.33. The van der Waals surface area contributed by atoms with Gasteiger partial charge in [-0.1, -0.05) is 31.2 Å². The molecule has 21 heavy (non-hydrogen) atoms. The van der Waals surface area contributed by atoms with Crippen LogP contribution in [0.25, 0.3) is 0 Å². The molecule has 1 aliphatic rings. The van der Waals surface area contributed by atoms with Gasteiger partial charge in [0.05, 0.1) is 6.04 Å². The van der Waals surface area contributed by atoms with Gasteiger partial charge in [0, 0.05) is 12.5 Å². The van der Waals surface area contributed by atoms with Crippen LogP contribution in [0.15, 0.2) is 42.5 Å². The van der Waals surface area contributed by atoms with Gasteiger partial charge in [0.25, 0.3) is 0 Å². The van der Waals surface area contributed by atoms with E-state index in [4.69, 9.17) is 4.74 Å². The Bertz CT molecular complexity index is 644. The minimum atomic E-state index is -0.539.